The van der Waals surface area contributed by atoms with Gasteiger partial charge in [0.15, 0.2) is 0 Å². The third kappa shape index (κ3) is 1.61. The Morgan fingerprint density at radius 3 is 2.17 bits per heavy atom. The summed E-state index contributed by atoms with van der Waals surface area (Å²) in [6.07, 6.45) is -2.65. The molecule has 0 aliphatic carbocycles. The Kier molecular flexibility index (Phi) is 3.06. The fraction of sp³-hybridized carbons (Fsp3) is 1.00. The number of methoxy groups -OCH3 is 1. The van der Waals surface area contributed by atoms with Gasteiger partial charge in [0.2, 0.25) is 0 Å². The number of ether oxygens (including phenoxy) is 2. The molecule has 0 aromatic carbocycles. The minimum Gasteiger partial charge on any atom is -0.388 e. The molecule has 0 radical (unpaired) electrons. The fourth-order valence-corrected chi connectivity index (χ4v) is 1.58. The molecule has 4 nitrogen and oxygen atoms in total. The fourth-order valence-electron chi connectivity index (χ4n) is 1.58. The monoisotopic (exact) mass is 176 g/mol. The van der Waals surface area contributed by atoms with Crippen LogP contribution in [0.5, 0.6) is 0 Å². The predicted octanol–water partition coefficient (Wildman–Crippen LogP) is -0.470. The Hall–Kier alpha value is -0.160. The van der Waals surface area contributed by atoms with E-state index in [2.05, 4.69) is 0 Å². The number of hydrogen-bond acceptors (Lipinski definition) is 4. The quantitative estimate of drug-likeness (QED) is 0.567. The smallest absolute Gasteiger partial charge is 0.111 e. The minimum atomic E-state index is -0.855. The van der Waals surface area contributed by atoms with Gasteiger partial charge >= 0.3 is 0 Å². The Bertz CT molecular complexity index is 150. The standard InChI is InChI=1S/C8H16O4/c1-4-6(9)7(10)8(11-3)5(2)12-4/h4-10H,1-3H3/t4-,5?,6-,7?,8-/m1/s1. The van der Waals surface area contributed by atoms with Crippen molar-refractivity contribution in [3.63, 3.8) is 0 Å². The molecule has 4 heteroatoms. The summed E-state index contributed by atoms with van der Waals surface area (Å²) in [6.45, 7) is 3.55. The summed E-state index contributed by atoms with van der Waals surface area (Å²) >= 11 is 0. The zero-order valence-corrected chi connectivity index (χ0v) is 7.60. The van der Waals surface area contributed by atoms with Crippen LogP contribution < -0.4 is 0 Å². The molecule has 72 valence electrons. The molecule has 1 fully saturated rings. The van der Waals surface area contributed by atoms with E-state index >= 15 is 0 Å². The van der Waals surface area contributed by atoms with E-state index in [9.17, 15) is 10.2 Å². The van der Waals surface area contributed by atoms with Crippen molar-refractivity contribution in [1.82, 2.24) is 0 Å². The van der Waals surface area contributed by atoms with Crippen molar-refractivity contribution in [3.8, 4) is 0 Å². The first-order valence-electron chi connectivity index (χ1n) is 4.12. The van der Waals surface area contributed by atoms with Crippen molar-refractivity contribution < 1.29 is 19.7 Å². The third-order valence-corrected chi connectivity index (χ3v) is 2.33. The molecule has 0 aromatic rings. The van der Waals surface area contributed by atoms with Gasteiger partial charge in [-0.3, -0.25) is 0 Å². The Balaban J connectivity index is 2.65. The largest absolute Gasteiger partial charge is 0.388 e. The molecular weight excluding hydrogens is 160 g/mol. The summed E-state index contributed by atoms with van der Waals surface area (Å²) < 4.78 is 10.3. The summed E-state index contributed by atoms with van der Waals surface area (Å²) in [6, 6.07) is 0. The van der Waals surface area contributed by atoms with Crippen molar-refractivity contribution >= 4 is 0 Å². The average molecular weight is 176 g/mol. The lowest BCUT2D eigenvalue weighted by atomic mass is 9.96. The van der Waals surface area contributed by atoms with Crippen LogP contribution in [0.4, 0.5) is 0 Å². The molecule has 5 atom stereocenters. The molecule has 0 spiro atoms. The molecule has 0 bridgehead atoms. The number of aliphatic hydroxyl groups excluding tert-OH is 2. The van der Waals surface area contributed by atoms with Crippen LogP contribution in [0, 0.1) is 0 Å². The average Bonchev–Trinajstić information content (AvgIpc) is 2.01. The zero-order valence-electron chi connectivity index (χ0n) is 7.60. The van der Waals surface area contributed by atoms with Crippen LogP contribution in [0.15, 0.2) is 0 Å². The highest BCUT2D eigenvalue weighted by atomic mass is 16.6. The lowest BCUT2D eigenvalue weighted by Crippen LogP contribution is -2.56. The van der Waals surface area contributed by atoms with E-state index in [0.29, 0.717) is 0 Å². The maximum absolute atomic E-state index is 9.52. The first kappa shape index (κ1) is 9.92. The highest BCUT2D eigenvalue weighted by Gasteiger charge is 2.40. The zero-order chi connectivity index (χ0) is 9.30. The molecule has 2 N–H and O–H groups in total. The SMILES string of the molecule is CO[C@@H]1C(C)O[C@H](C)[C@@H](O)C1O. The van der Waals surface area contributed by atoms with E-state index in [1.807, 2.05) is 6.92 Å². The first-order valence-corrected chi connectivity index (χ1v) is 4.12. The van der Waals surface area contributed by atoms with Crippen LogP contribution >= 0.6 is 0 Å². The second kappa shape index (κ2) is 3.70. The van der Waals surface area contributed by atoms with Gasteiger partial charge in [-0.1, -0.05) is 0 Å². The van der Waals surface area contributed by atoms with Crippen molar-refractivity contribution in [2.75, 3.05) is 7.11 Å². The van der Waals surface area contributed by atoms with Crippen molar-refractivity contribution in [2.24, 2.45) is 0 Å². The molecule has 0 saturated carbocycles. The van der Waals surface area contributed by atoms with Gasteiger partial charge in [0.05, 0.1) is 12.2 Å². The maximum Gasteiger partial charge on any atom is 0.111 e. The summed E-state index contributed by atoms with van der Waals surface area (Å²) in [5, 5.41) is 18.9. The summed E-state index contributed by atoms with van der Waals surface area (Å²) in [7, 11) is 1.50. The molecule has 1 aliphatic heterocycles. The third-order valence-electron chi connectivity index (χ3n) is 2.33. The van der Waals surface area contributed by atoms with E-state index < -0.39 is 18.3 Å². The molecule has 1 heterocycles. The van der Waals surface area contributed by atoms with Crippen molar-refractivity contribution in [2.45, 2.75) is 44.4 Å². The van der Waals surface area contributed by atoms with Gasteiger partial charge in [-0.2, -0.15) is 0 Å². The summed E-state index contributed by atoms with van der Waals surface area (Å²) in [5.74, 6) is 0. The van der Waals surface area contributed by atoms with Crippen LogP contribution in [0.1, 0.15) is 13.8 Å². The van der Waals surface area contributed by atoms with Crippen LogP contribution in [-0.2, 0) is 9.47 Å². The highest BCUT2D eigenvalue weighted by molar-refractivity contribution is 4.89. The van der Waals surface area contributed by atoms with Gasteiger partial charge in [0.25, 0.3) is 0 Å². The Morgan fingerprint density at radius 1 is 1.08 bits per heavy atom. The van der Waals surface area contributed by atoms with Gasteiger partial charge in [-0.25, -0.2) is 0 Å². The van der Waals surface area contributed by atoms with E-state index in [-0.39, 0.29) is 12.2 Å². The summed E-state index contributed by atoms with van der Waals surface area (Å²) in [5.41, 5.74) is 0. The highest BCUT2D eigenvalue weighted by Crippen LogP contribution is 2.22. The molecule has 0 amide bonds. The molecule has 1 saturated heterocycles. The second-order valence-corrected chi connectivity index (χ2v) is 3.23. The molecule has 0 aromatic heterocycles. The maximum atomic E-state index is 9.52. The van der Waals surface area contributed by atoms with Crippen LogP contribution in [0.25, 0.3) is 0 Å². The Labute approximate surface area is 72.1 Å². The summed E-state index contributed by atoms with van der Waals surface area (Å²) in [4.78, 5) is 0. The lowest BCUT2D eigenvalue weighted by Gasteiger charge is -2.39. The second-order valence-electron chi connectivity index (χ2n) is 3.23. The predicted molar refractivity (Wildman–Crippen MR) is 42.8 cm³/mol. The Morgan fingerprint density at radius 2 is 1.67 bits per heavy atom. The first-order chi connectivity index (χ1) is 5.57. The van der Waals surface area contributed by atoms with Crippen molar-refractivity contribution in [3.05, 3.63) is 0 Å². The van der Waals surface area contributed by atoms with Crippen LogP contribution in [0.2, 0.25) is 0 Å². The topological polar surface area (TPSA) is 58.9 Å². The van der Waals surface area contributed by atoms with Gasteiger partial charge in [-0.05, 0) is 13.8 Å². The molecule has 12 heavy (non-hydrogen) atoms. The molecular formula is C8H16O4. The molecule has 2 unspecified atom stereocenters. The minimum absolute atomic E-state index is 0.177. The molecule has 1 aliphatic rings. The normalized spacial score (nSPS) is 49.2. The van der Waals surface area contributed by atoms with Gasteiger partial charge in [0.1, 0.15) is 18.3 Å². The molecule has 1 rings (SSSR count). The van der Waals surface area contributed by atoms with E-state index in [0.717, 1.165) is 0 Å². The van der Waals surface area contributed by atoms with Crippen LogP contribution in [0.3, 0.4) is 0 Å². The van der Waals surface area contributed by atoms with Crippen LogP contribution in [-0.4, -0.2) is 47.8 Å². The van der Waals surface area contributed by atoms with E-state index in [1.165, 1.54) is 7.11 Å². The van der Waals surface area contributed by atoms with E-state index in [1.54, 1.807) is 6.92 Å². The van der Waals surface area contributed by atoms with Crippen molar-refractivity contribution in [1.29, 1.82) is 0 Å². The number of aliphatic hydroxyl groups is 2. The number of rotatable bonds is 1. The van der Waals surface area contributed by atoms with Gasteiger partial charge in [0, 0.05) is 7.11 Å². The number of hydrogen-bond donors (Lipinski definition) is 2. The van der Waals surface area contributed by atoms with Gasteiger partial charge in [-0.15, -0.1) is 0 Å². The lowest BCUT2D eigenvalue weighted by molar-refractivity contribution is -0.219. The van der Waals surface area contributed by atoms with Gasteiger partial charge < -0.3 is 19.7 Å². The van der Waals surface area contributed by atoms with E-state index in [4.69, 9.17) is 9.47 Å².